The number of nitrogens with one attached hydrogen (secondary N) is 2. The molecular formula is C27H32Cl2N6O4. The molecule has 12 heteroatoms. The van der Waals surface area contributed by atoms with Gasteiger partial charge in [0, 0.05) is 43.0 Å². The van der Waals surface area contributed by atoms with Gasteiger partial charge in [-0.2, -0.15) is 0 Å². The lowest BCUT2D eigenvalue weighted by molar-refractivity contribution is 0.0500. The molecule has 3 aromatic rings. The molecule has 1 atom stereocenters. The summed E-state index contributed by atoms with van der Waals surface area (Å²) in [5.41, 5.74) is 1.21. The van der Waals surface area contributed by atoms with Crippen LogP contribution in [0.5, 0.6) is 11.5 Å². The van der Waals surface area contributed by atoms with Crippen LogP contribution in [0.25, 0.3) is 11.3 Å². The Balaban J connectivity index is 1.59. The van der Waals surface area contributed by atoms with E-state index >= 15 is 0 Å². The zero-order chi connectivity index (χ0) is 28.2. The largest absolute Gasteiger partial charge is 0.495 e. The molecule has 0 bridgehead atoms. The Morgan fingerprint density at radius 2 is 1.79 bits per heavy atom. The van der Waals surface area contributed by atoms with E-state index in [4.69, 9.17) is 37.4 Å². The number of alkyl carbamates (subject to hydrolysis) is 1. The highest BCUT2D eigenvalue weighted by Crippen LogP contribution is 2.45. The van der Waals surface area contributed by atoms with Crippen LogP contribution in [0.4, 0.5) is 22.1 Å². The molecule has 1 fully saturated rings. The molecule has 4 rings (SSSR count). The highest BCUT2D eigenvalue weighted by Gasteiger charge is 2.26. The number of halogens is 2. The van der Waals surface area contributed by atoms with E-state index in [2.05, 4.69) is 30.5 Å². The molecule has 1 aliphatic rings. The lowest BCUT2D eigenvalue weighted by atomic mass is 10.1. The van der Waals surface area contributed by atoms with Crippen LogP contribution in [0.15, 0.2) is 36.8 Å². The summed E-state index contributed by atoms with van der Waals surface area (Å²) < 4.78 is 16.2. The summed E-state index contributed by atoms with van der Waals surface area (Å²) in [6.07, 6.45) is 4.51. The molecule has 39 heavy (non-hydrogen) atoms. The van der Waals surface area contributed by atoms with Crippen molar-refractivity contribution in [1.82, 2.24) is 20.3 Å². The van der Waals surface area contributed by atoms with Crippen molar-refractivity contribution in [3.8, 4) is 22.8 Å². The van der Waals surface area contributed by atoms with Gasteiger partial charge < -0.3 is 29.7 Å². The SMILES string of the molecule is COc1cc(OC)c(Cl)c(Nc2ncccc2-c2cc(N3CCCC(NC(=O)OC(C)(C)C)C3)ncn2)c1Cl. The maximum absolute atomic E-state index is 12.3. The molecule has 0 radical (unpaired) electrons. The maximum atomic E-state index is 12.3. The summed E-state index contributed by atoms with van der Waals surface area (Å²) in [5.74, 6) is 2.04. The van der Waals surface area contributed by atoms with E-state index < -0.39 is 11.7 Å². The Kier molecular flexibility index (Phi) is 8.87. The van der Waals surface area contributed by atoms with Crippen LogP contribution in [-0.2, 0) is 4.74 Å². The first kappa shape index (κ1) is 28.5. The smallest absolute Gasteiger partial charge is 0.407 e. The minimum Gasteiger partial charge on any atom is -0.495 e. The van der Waals surface area contributed by atoms with E-state index in [0.29, 0.717) is 45.3 Å². The third-order valence-corrected chi connectivity index (χ3v) is 6.77. The lowest BCUT2D eigenvalue weighted by Crippen LogP contribution is -2.49. The zero-order valence-corrected chi connectivity index (χ0v) is 24.1. The van der Waals surface area contributed by atoms with Crippen molar-refractivity contribution in [3.63, 3.8) is 0 Å². The van der Waals surface area contributed by atoms with Gasteiger partial charge in [0.2, 0.25) is 0 Å². The normalized spacial score (nSPS) is 15.5. The number of anilines is 3. The monoisotopic (exact) mass is 574 g/mol. The van der Waals surface area contributed by atoms with E-state index in [9.17, 15) is 4.79 Å². The Labute approximate surface area is 238 Å². The van der Waals surface area contributed by atoms with Gasteiger partial charge in [-0.05, 0) is 45.7 Å². The van der Waals surface area contributed by atoms with E-state index in [1.807, 2.05) is 39.0 Å². The van der Waals surface area contributed by atoms with E-state index in [1.54, 1.807) is 12.3 Å². The summed E-state index contributed by atoms with van der Waals surface area (Å²) in [6.45, 7) is 6.93. The number of benzene rings is 1. The molecule has 3 heterocycles. The number of pyridine rings is 1. The van der Waals surface area contributed by atoms with Crippen LogP contribution in [0.3, 0.4) is 0 Å². The van der Waals surface area contributed by atoms with E-state index in [1.165, 1.54) is 20.5 Å². The molecule has 0 spiro atoms. The number of nitrogens with zero attached hydrogens (tertiary/aromatic N) is 4. The van der Waals surface area contributed by atoms with Gasteiger partial charge in [0.1, 0.15) is 45.1 Å². The molecule has 1 unspecified atom stereocenters. The first-order chi connectivity index (χ1) is 18.6. The third kappa shape index (κ3) is 6.93. The number of ether oxygens (including phenoxy) is 3. The number of amides is 1. The maximum Gasteiger partial charge on any atom is 0.407 e. The fourth-order valence-corrected chi connectivity index (χ4v) is 4.87. The van der Waals surface area contributed by atoms with Crippen molar-refractivity contribution in [2.75, 3.05) is 37.5 Å². The van der Waals surface area contributed by atoms with Crippen LogP contribution < -0.4 is 25.0 Å². The van der Waals surface area contributed by atoms with E-state index in [0.717, 1.165) is 30.8 Å². The number of hydrogen-bond acceptors (Lipinski definition) is 9. The highest BCUT2D eigenvalue weighted by molar-refractivity contribution is 6.41. The van der Waals surface area contributed by atoms with Gasteiger partial charge in [0.05, 0.1) is 25.6 Å². The average molecular weight is 575 g/mol. The topological polar surface area (TPSA) is 111 Å². The first-order valence-corrected chi connectivity index (χ1v) is 13.2. The third-order valence-electron chi connectivity index (χ3n) is 6.02. The molecule has 0 aliphatic carbocycles. The molecule has 2 N–H and O–H groups in total. The van der Waals surface area contributed by atoms with Crippen LogP contribution >= 0.6 is 23.2 Å². The number of aromatic nitrogens is 3. The predicted molar refractivity (Wildman–Crippen MR) is 153 cm³/mol. The predicted octanol–water partition coefficient (Wildman–Crippen LogP) is 6.10. The second kappa shape index (κ2) is 12.1. The molecule has 208 valence electrons. The minimum absolute atomic E-state index is 0.0602. The Hall–Kier alpha value is -3.50. The zero-order valence-electron chi connectivity index (χ0n) is 22.5. The first-order valence-electron chi connectivity index (χ1n) is 12.5. The van der Waals surface area contributed by atoms with Crippen molar-refractivity contribution < 1.29 is 19.0 Å². The molecule has 0 saturated carbocycles. The van der Waals surface area contributed by atoms with Crippen molar-refractivity contribution in [2.45, 2.75) is 45.3 Å². The number of rotatable bonds is 7. The molecule has 1 aromatic carbocycles. The summed E-state index contributed by atoms with van der Waals surface area (Å²) in [4.78, 5) is 27.9. The number of hydrogen-bond donors (Lipinski definition) is 2. The summed E-state index contributed by atoms with van der Waals surface area (Å²) in [5, 5.41) is 6.79. The summed E-state index contributed by atoms with van der Waals surface area (Å²) in [6, 6.07) is 7.17. The van der Waals surface area contributed by atoms with E-state index in [-0.39, 0.29) is 6.04 Å². The van der Waals surface area contributed by atoms with Gasteiger partial charge in [-0.3, -0.25) is 0 Å². The van der Waals surface area contributed by atoms with Gasteiger partial charge in [-0.25, -0.2) is 19.7 Å². The van der Waals surface area contributed by atoms with Crippen molar-refractivity contribution >= 4 is 46.6 Å². The fourth-order valence-electron chi connectivity index (χ4n) is 4.27. The molecule has 2 aromatic heterocycles. The lowest BCUT2D eigenvalue weighted by Gasteiger charge is -2.34. The van der Waals surface area contributed by atoms with Gasteiger partial charge in [-0.1, -0.05) is 23.2 Å². The Bertz CT molecular complexity index is 1310. The summed E-state index contributed by atoms with van der Waals surface area (Å²) in [7, 11) is 3.03. The van der Waals surface area contributed by atoms with Crippen LogP contribution in [0, 0.1) is 0 Å². The highest BCUT2D eigenvalue weighted by atomic mass is 35.5. The van der Waals surface area contributed by atoms with Crippen LogP contribution in [0.2, 0.25) is 10.0 Å². The second-order valence-electron chi connectivity index (χ2n) is 10.0. The molecular weight excluding hydrogens is 543 g/mol. The molecule has 1 amide bonds. The van der Waals surface area contributed by atoms with Crippen molar-refractivity contribution in [3.05, 3.63) is 46.8 Å². The van der Waals surface area contributed by atoms with Crippen LogP contribution in [-0.4, -0.2) is 60.0 Å². The standard InChI is InChI=1S/C27H32Cl2N6O4/c1-27(2,3)39-26(36)33-16-8-7-11-35(14-16)21-12-18(31-15-32-21)17-9-6-10-30-25(17)34-24-22(28)19(37-4)13-20(38-5)23(24)29/h6,9-10,12-13,15-16H,7-8,11,14H2,1-5H3,(H,30,34)(H,33,36). The number of carbonyl (C=O) groups is 1. The Morgan fingerprint density at radius 3 is 2.46 bits per heavy atom. The fraction of sp³-hybridized carbons (Fsp3) is 0.407. The molecule has 10 nitrogen and oxygen atoms in total. The number of methoxy groups -OCH3 is 2. The molecule has 1 saturated heterocycles. The quantitative estimate of drug-likeness (QED) is 0.345. The van der Waals surface area contributed by atoms with Crippen molar-refractivity contribution in [2.24, 2.45) is 0 Å². The molecule has 1 aliphatic heterocycles. The van der Waals surface area contributed by atoms with Crippen LogP contribution in [0.1, 0.15) is 33.6 Å². The van der Waals surface area contributed by atoms with Crippen molar-refractivity contribution in [1.29, 1.82) is 0 Å². The van der Waals surface area contributed by atoms with Gasteiger partial charge >= 0.3 is 6.09 Å². The minimum atomic E-state index is -0.556. The second-order valence-corrected chi connectivity index (χ2v) is 10.8. The number of piperidine rings is 1. The van der Waals surface area contributed by atoms with Gasteiger partial charge in [-0.15, -0.1) is 0 Å². The number of carbonyl (C=O) groups excluding carboxylic acids is 1. The van der Waals surface area contributed by atoms with Gasteiger partial charge in [0.25, 0.3) is 0 Å². The average Bonchev–Trinajstić information content (AvgIpc) is 2.90. The Morgan fingerprint density at radius 1 is 1.08 bits per heavy atom. The van der Waals surface area contributed by atoms with Gasteiger partial charge in [0.15, 0.2) is 0 Å². The summed E-state index contributed by atoms with van der Waals surface area (Å²) >= 11 is 13.2.